The van der Waals surface area contributed by atoms with E-state index in [0.29, 0.717) is 25.7 Å². The van der Waals surface area contributed by atoms with Gasteiger partial charge in [0.15, 0.2) is 12.6 Å². The van der Waals surface area contributed by atoms with Crippen molar-refractivity contribution in [1.29, 1.82) is 0 Å². The second-order valence-corrected chi connectivity index (χ2v) is 27.8. The number of aliphatic hydroxyl groups excluding tert-OH is 7. The highest BCUT2D eigenvalue weighted by Crippen LogP contribution is 2.54. The molecule has 4 heterocycles. The predicted octanol–water partition coefficient (Wildman–Crippen LogP) is 1.13. The average Bonchev–Trinajstić information content (AvgIpc) is 4.00. The lowest BCUT2D eigenvalue weighted by atomic mass is 9.73. The molecule has 4 aliphatic rings. The van der Waals surface area contributed by atoms with E-state index in [0.717, 1.165) is 7.11 Å². The number of amides is 4. The number of ether oxygens (including phenoxy) is 5. The highest BCUT2D eigenvalue weighted by Gasteiger charge is 2.49. The largest absolute Gasteiger partial charge is 0.502 e. The van der Waals surface area contributed by atoms with Crippen LogP contribution in [0.25, 0.3) is 0 Å². The van der Waals surface area contributed by atoms with Crippen molar-refractivity contribution in [3.8, 4) is 0 Å². The highest BCUT2D eigenvalue weighted by molar-refractivity contribution is 7.48. The molecule has 4 saturated heterocycles. The van der Waals surface area contributed by atoms with Crippen LogP contribution in [0.5, 0.6) is 0 Å². The van der Waals surface area contributed by atoms with Crippen LogP contribution >= 0.6 is 15.6 Å². The molecule has 0 radical (unpaired) electrons. The van der Waals surface area contributed by atoms with Crippen molar-refractivity contribution in [3.05, 3.63) is 0 Å². The zero-order chi connectivity index (χ0) is 62.4. The monoisotopic (exact) mass is 1240 g/mol. The number of phosphoric acid groups is 2. The van der Waals surface area contributed by atoms with Crippen LogP contribution in [0.15, 0.2) is 0 Å². The Labute approximate surface area is 486 Å². The Morgan fingerprint density at radius 2 is 1.17 bits per heavy atom. The summed E-state index contributed by atoms with van der Waals surface area (Å²) in [5.41, 5.74) is -1.57. The number of nitrogens with one attached hydrogen (secondary N) is 2. The smallest absolute Gasteiger partial charge is 0.394 e. The maximum Gasteiger partial charge on any atom is 0.502 e. The molecule has 31 heteroatoms. The van der Waals surface area contributed by atoms with Gasteiger partial charge >= 0.3 is 15.6 Å². The molecule has 0 aliphatic carbocycles. The molecule has 0 aromatic carbocycles. The molecule has 83 heavy (non-hydrogen) atoms. The molecule has 13 unspecified atom stereocenters. The predicted molar refractivity (Wildman–Crippen MR) is 292 cm³/mol. The third-order valence-electron chi connectivity index (χ3n) is 14.9. The van der Waals surface area contributed by atoms with Gasteiger partial charge in [-0.3, -0.25) is 37.3 Å². The molecular formula is C52H96N4O25P2. The summed E-state index contributed by atoms with van der Waals surface area (Å²) in [5, 5.41) is 76.2. The maximum atomic E-state index is 14.3. The summed E-state index contributed by atoms with van der Waals surface area (Å²) in [4.78, 5) is 70.8. The summed E-state index contributed by atoms with van der Waals surface area (Å²) in [5.74, 6) is -1.82. The molecular weight excluding hydrogens is 1140 g/mol. The quantitative estimate of drug-likeness (QED) is 0.0187. The summed E-state index contributed by atoms with van der Waals surface area (Å²) < 4.78 is 83.6. The van der Waals surface area contributed by atoms with E-state index in [2.05, 4.69) is 15.5 Å². The number of likely N-dealkylation sites (tertiary alicyclic amines) is 2. The molecule has 0 aromatic heterocycles. The van der Waals surface area contributed by atoms with E-state index in [1.165, 1.54) is 23.6 Å². The molecule has 10 N–H and O–H groups in total. The van der Waals surface area contributed by atoms with Crippen molar-refractivity contribution in [2.75, 3.05) is 66.6 Å². The first kappa shape index (κ1) is 73.1. The molecule has 4 amide bonds. The lowest BCUT2D eigenvalue weighted by Crippen LogP contribution is -2.64. The van der Waals surface area contributed by atoms with Crippen LogP contribution in [0, 0.1) is 22.2 Å². The van der Waals surface area contributed by atoms with E-state index < -0.39 is 168 Å². The minimum Gasteiger partial charge on any atom is -0.394 e. The second-order valence-electron chi connectivity index (χ2n) is 24.9. The summed E-state index contributed by atoms with van der Waals surface area (Å²) in [6.07, 6.45) is -11.5. The van der Waals surface area contributed by atoms with E-state index in [1.54, 1.807) is 13.8 Å². The van der Waals surface area contributed by atoms with Gasteiger partial charge in [0.1, 0.15) is 55.5 Å². The molecule has 29 nitrogen and oxygen atoms in total. The molecule has 0 aromatic rings. The number of hydrogen-bond acceptors (Lipinski definition) is 24. The molecule has 4 fully saturated rings. The minimum atomic E-state index is -4.95. The van der Waals surface area contributed by atoms with E-state index in [9.17, 15) is 68.9 Å². The van der Waals surface area contributed by atoms with Gasteiger partial charge in [-0.15, -0.1) is 4.67 Å². The summed E-state index contributed by atoms with van der Waals surface area (Å²) >= 11 is 0. The van der Waals surface area contributed by atoms with Gasteiger partial charge in [-0.2, -0.15) is 0 Å². The number of carbonyl (C=O) groups excluding carboxylic acids is 4. The van der Waals surface area contributed by atoms with Gasteiger partial charge in [0, 0.05) is 39.8 Å². The molecule has 0 spiro atoms. The fourth-order valence-electron chi connectivity index (χ4n) is 11.5. The number of carbonyl (C=O) groups is 4. The fourth-order valence-corrected chi connectivity index (χ4v) is 13.8. The zero-order valence-corrected chi connectivity index (χ0v) is 51.9. The lowest BCUT2D eigenvalue weighted by Gasteiger charge is -2.43. The van der Waals surface area contributed by atoms with Gasteiger partial charge in [-0.05, 0) is 74.5 Å². The number of nitrogens with zero attached hydrogens (tertiary/aromatic N) is 2. The Morgan fingerprint density at radius 3 is 1.64 bits per heavy atom. The third-order valence-corrected chi connectivity index (χ3v) is 17.5. The maximum absolute atomic E-state index is 14.3. The Balaban J connectivity index is 1.39. The Hall–Kier alpha value is -2.42. The first-order valence-electron chi connectivity index (χ1n) is 28.2. The van der Waals surface area contributed by atoms with Crippen molar-refractivity contribution in [2.45, 2.75) is 219 Å². The number of phosphoric ester groups is 2. The molecule has 0 bridgehead atoms. The van der Waals surface area contributed by atoms with Gasteiger partial charge in [0.25, 0.3) is 0 Å². The second kappa shape index (κ2) is 32.2. The Morgan fingerprint density at radius 1 is 0.687 bits per heavy atom. The Kier molecular flexibility index (Phi) is 28.3. The third kappa shape index (κ3) is 22.9. The van der Waals surface area contributed by atoms with Crippen molar-refractivity contribution in [3.63, 3.8) is 0 Å². The van der Waals surface area contributed by atoms with Gasteiger partial charge in [0.2, 0.25) is 23.6 Å². The van der Waals surface area contributed by atoms with Crippen LogP contribution in [0.4, 0.5) is 0 Å². The molecule has 484 valence electrons. The Bertz CT molecular complexity index is 2160. The van der Waals surface area contributed by atoms with Crippen molar-refractivity contribution in [1.82, 2.24) is 20.4 Å². The fraction of sp³-hybridized carbons (Fsp3) is 0.923. The topological polar surface area (TPSA) is 396 Å². The first-order chi connectivity index (χ1) is 38.6. The summed E-state index contributed by atoms with van der Waals surface area (Å²) in [6, 6.07) is -3.81. The van der Waals surface area contributed by atoms with Crippen LogP contribution in [-0.4, -0.2) is 232 Å². The number of rotatable bonds is 34. The van der Waals surface area contributed by atoms with Crippen molar-refractivity contribution < 1.29 is 120 Å². The number of hydrogen-bond donors (Lipinski definition) is 10. The van der Waals surface area contributed by atoms with Crippen LogP contribution < -0.4 is 10.6 Å². The van der Waals surface area contributed by atoms with Crippen molar-refractivity contribution in [2.24, 2.45) is 22.2 Å². The SMILES string of the molecule is COOP(=O)(OC(C)C)O[C@@H]1C[C@@H](COP(=O)(O)O[C@@H]2C[C@@H](COCO)N(C(=O)CCC(C)(C)CC(C)COC3OC(CO)C(O)C(O)C3NC(C)=O)C2)N(C(=O)CCC(C)(C)CC(C)(C)COC2OC(CO)C(O)C(O)C2NC(C)=O)C1. The van der Waals surface area contributed by atoms with Gasteiger partial charge in [-0.25, -0.2) is 14.0 Å². The average molecular weight is 1240 g/mol. The van der Waals surface area contributed by atoms with Crippen molar-refractivity contribution >= 4 is 39.3 Å². The van der Waals surface area contributed by atoms with Crippen LogP contribution in [0.2, 0.25) is 0 Å². The molecule has 4 rings (SSSR count). The number of aliphatic hydroxyl groups is 7. The summed E-state index contributed by atoms with van der Waals surface area (Å²) in [6.45, 7) is 16.6. The van der Waals surface area contributed by atoms with Crippen LogP contribution in [0.3, 0.4) is 0 Å². The molecule has 17 atom stereocenters. The van der Waals surface area contributed by atoms with Crippen LogP contribution in [0.1, 0.15) is 128 Å². The van der Waals surface area contributed by atoms with E-state index in [1.807, 2.05) is 48.5 Å². The normalized spacial score (nSPS) is 31.0. The molecule has 0 saturated carbocycles. The van der Waals surface area contributed by atoms with E-state index in [4.69, 9.17) is 46.5 Å². The minimum absolute atomic E-state index is 0.0242. The highest BCUT2D eigenvalue weighted by atomic mass is 31.2. The van der Waals surface area contributed by atoms with Crippen LogP contribution in [-0.2, 0) is 79.6 Å². The standard InChI is InChI=1S/C52H96N4O25P2/c1-30(2)78-83(70,81-71-12)80-37-18-35(56(21-37)41(63)14-16-51(8,9)27-52(10,11)28-74-49-43(54-33(5)61)47(67)45(65)39(23-58)77-49)26-75-82(68,69)79-36-17-34(25-72-29-59)55(20-36)40(62)13-15-50(6,7)19-31(3)24-73-48-42(53-32(4)60)46(66)44(64)38(22-57)76-48/h30-31,34-39,42-49,57-59,64-67H,13-29H2,1-12H3,(H,53,60)(H,54,61)(H,68,69)/t31?,34-,35-,36+,37+,38?,39?,42?,43?,44?,45?,46?,47?,48?,49?,83?/m0/s1. The molecule has 4 aliphatic heterocycles. The van der Waals surface area contributed by atoms with Gasteiger partial charge < -0.3 is 84.8 Å². The lowest BCUT2D eigenvalue weighted by molar-refractivity contribution is -0.276. The zero-order valence-electron chi connectivity index (χ0n) is 50.1. The van der Waals surface area contributed by atoms with E-state index >= 15 is 0 Å². The first-order valence-corrected chi connectivity index (χ1v) is 31.2. The summed E-state index contributed by atoms with van der Waals surface area (Å²) in [7, 11) is -8.19. The van der Waals surface area contributed by atoms with Gasteiger partial charge in [0.05, 0.1) is 77.1 Å². The van der Waals surface area contributed by atoms with Gasteiger partial charge in [-0.1, -0.05) is 48.5 Å². The van der Waals surface area contributed by atoms with E-state index in [-0.39, 0.29) is 70.4 Å².